The molecule has 0 spiro atoms. The van der Waals surface area contributed by atoms with E-state index in [1.807, 2.05) is 19.9 Å². The lowest BCUT2D eigenvalue weighted by molar-refractivity contribution is 0.0472. The smallest absolute Gasteiger partial charge is 0.338 e. The molecule has 1 aliphatic rings. The monoisotopic (exact) mass is 471 g/mol. The Morgan fingerprint density at radius 3 is 2.42 bits per heavy atom. The molecule has 9 heteroatoms. The molecule has 1 aliphatic heterocycles. The lowest BCUT2D eigenvalue weighted by Gasteiger charge is -2.26. The highest BCUT2D eigenvalue weighted by Crippen LogP contribution is 2.24. The van der Waals surface area contributed by atoms with Gasteiger partial charge in [0.1, 0.15) is 12.2 Å². The van der Waals surface area contributed by atoms with Crippen molar-refractivity contribution in [1.82, 2.24) is 4.31 Å². The summed E-state index contributed by atoms with van der Waals surface area (Å²) in [6.07, 6.45) is 0. The van der Waals surface area contributed by atoms with Gasteiger partial charge in [0, 0.05) is 30.1 Å². The number of esters is 1. The average molecular weight is 472 g/mol. The number of aryl methyl sites for hydroxylation is 3. The number of hydrogen-bond donors (Lipinski definition) is 0. The molecule has 1 fully saturated rings. The second kappa shape index (κ2) is 9.09. The van der Waals surface area contributed by atoms with Gasteiger partial charge in [-0.05, 0) is 61.7 Å². The number of carbonyl (C=O) groups excluding carboxylic acids is 1. The fourth-order valence-corrected chi connectivity index (χ4v) is 5.18. The van der Waals surface area contributed by atoms with E-state index in [1.54, 1.807) is 19.1 Å². The number of ether oxygens (including phenoxy) is 2. The fraction of sp³-hybridized carbons (Fsp3) is 0.333. The molecule has 0 saturated carbocycles. The van der Waals surface area contributed by atoms with Crippen molar-refractivity contribution in [2.75, 3.05) is 26.3 Å². The van der Waals surface area contributed by atoms with Crippen molar-refractivity contribution < 1.29 is 27.1 Å². The van der Waals surface area contributed by atoms with Crippen LogP contribution in [0.25, 0.3) is 11.0 Å². The Kier molecular flexibility index (Phi) is 6.38. The van der Waals surface area contributed by atoms with E-state index in [4.69, 9.17) is 13.9 Å². The predicted molar refractivity (Wildman–Crippen MR) is 122 cm³/mol. The van der Waals surface area contributed by atoms with Crippen LogP contribution in [0, 0.1) is 20.8 Å². The van der Waals surface area contributed by atoms with Gasteiger partial charge in [-0.3, -0.25) is 0 Å². The molecule has 33 heavy (non-hydrogen) atoms. The van der Waals surface area contributed by atoms with Gasteiger partial charge >= 0.3 is 11.6 Å². The summed E-state index contributed by atoms with van der Waals surface area (Å²) < 4.78 is 43.3. The second-order valence-electron chi connectivity index (χ2n) is 8.09. The van der Waals surface area contributed by atoms with Crippen molar-refractivity contribution in [1.29, 1.82) is 0 Å². The maximum atomic E-state index is 13.0. The molecule has 0 atom stereocenters. The second-order valence-corrected chi connectivity index (χ2v) is 10.0. The number of morpholine rings is 1. The Morgan fingerprint density at radius 2 is 1.70 bits per heavy atom. The van der Waals surface area contributed by atoms with E-state index in [0.29, 0.717) is 35.3 Å². The number of sulfonamides is 1. The Balaban J connectivity index is 1.60. The first-order chi connectivity index (χ1) is 15.7. The molecule has 4 rings (SSSR count). The van der Waals surface area contributed by atoms with Gasteiger partial charge in [0.2, 0.25) is 10.0 Å². The maximum Gasteiger partial charge on any atom is 0.338 e. The first-order valence-electron chi connectivity index (χ1n) is 10.6. The Bertz CT molecular complexity index is 1390. The number of carbonyl (C=O) groups is 1. The summed E-state index contributed by atoms with van der Waals surface area (Å²) in [4.78, 5) is 24.9. The van der Waals surface area contributed by atoms with E-state index in [1.165, 1.54) is 22.5 Å². The molecular weight excluding hydrogens is 446 g/mol. The van der Waals surface area contributed by atoms with Crippen molar-refractivity contribution >= 4 is 27.0 Å². The van der Waals surface area contributed by atoms with Gasteiger partial charge in [-0.2, -0.15) is 4.31 Å². The molecule has 8 nitrogen and oxygen atoms in total. The zero-order valence-electron chi connectivity index (χ0n) is 18.7. The molecule has 3 aromatic rings. The van der Waals surface area contributed by atoms with Crippen LogP contribution in [0.2, 0.25) is 0 Å². The SMILES string of the molecule is Cc1cc2oc(=O)cc(COC(=O)c3cc(S(=O)(=O)N4CCOCC4)ccc3C)c2cc1C. The lowest BCUT2D eigenvalue weighted by atomic mass is 10.0. The van der Waals surface area contributed by atoms with Crippen LogP contribution in [0.1, 0.15) is 32.6 Å². The molecular formula is C24H25NO7S. The van der Waals surface area contributed by atoms with Crippen LogP contribution in [0.3, 0.4) is 0 Å². The van der Waals surface area contributed by atoms with E-state index in [9.17, 15) is 18.0 Å². The van der Waals surface area contributed by atoms with Crippen molar-refractivity contribution in [3.8, 4) is 0 Å². The average Bonchev–Trinajstić information content (AvgIpc) is 2.79. The molecule has 0 amide bonds. The Labute approximate surface area is 191 Å². The van der Waals surface area contributed by atoms with Crippen LogP contribution in [0.15, 0.2) is 50.5 Å². The molecule has 0 unspecified atom stereocenters. The van der Waals surface area contributed by atoms with Crippen molar-refractivity contribution in [3.05, 3.63) is 74.6 Å². The van der Waals surface area contributed by atoms with Crippen molar-refractivity contribution in [3.63, 3.8) is 0 Å². The summed E-state index contributed by atoms with van der Waals surface area (Å²) in [5.41, 5.74) is 3.15. The lowest BCUT2D eigenvalue weighted by Crippen LogP contribution is -2.40. The van der Waals surface area contributed by atoms with Crippen LogP contribution in [0.5, 0.6) is 0 Å². The molecule has 0 bridgehead atoms. The minimum atomic E-state index is -3.75. The van der Waals surface area contributed by atoms with E-state index in [-0.39, 0.29) is 30.2 Å². The highest BCUT2D eigenvalue weighted by atomic mass is 32.2. The van der Waals surface area contributed by atoms with Gasteiger partial charge < -0.3 is 13.9 Å². The molecule has 2 aromatic carbocycles. The molecule has 0 N–H and O–H groups in total. The first kappa shape index (κ1) is 23.2. The summed E-state index contributed by atoms with van der Waals surface area (Å²) in [7, 11) is -3.75. The third kappa shape index (κ3) is 4.71. The van der Waals surface area contributed by atoms with Gasteiger partial charge in [-0.1, -0.05) is 6.07 Å². The number of hydrogen-bond acceptors (Lipinski definition) is 7. The van der Waals surface area contributed by atoms with Crippen LogP contribution >= 0.6 is 0 Å². The number of benzene rings is 2. The Morgan fingerprint density at radius 1 is 1.00 bits per heavy atom. The van der Waals surface area contributed by atoms with Crippen LogP contribution in [-0.4, -0.2) is 45.0 Å². The third-order valence-electron chi connectivity index (χ3n) is 5.84. The zero-order valence-corrected chi connectivity index (χ0v) is 19.5. The number of fused-ring (bicyclic) bond motifs is 1. The van der Waals surface area contributed by atoms with E-state index in [0.717, 1.165) is 11.1 Å². The molecule has 2 heterocycles. The van der Waals surface area contributed by atoms with Crippen molar-refractivity contribution in [2.24, 2.45) is 0 Å². The minimum absolute atomic E-state index is 0.0267. The van der Waals surface area contributed by atoms with Crippen LogP contribution < -0.4 is 5.63 Å². The topological polar surface area (TPSA) is 103 Å². The maximum absolute atomic E-state index is 13.0. The Hall–Kier alpha value is -3.01. The molecule has 174 valence electrons. The molecule has 0 radical (unpaired) electrons. The predicted octanol–water partition coefficient (Wildman–Crippen LogP) is 3.10. The summed E-state index contributed by atoms with van der Waals surface area (Å²) in [5.74, 6) is -0.670. The largest absolute Gasteiger partial charge is 0.457 e. The minimum Gasteiger partial charge on any atom is -0.457 e. The third-order valence-corrected chi connectivity index (χ3v) is 7.73. The highest BCUT2D eigenvalue weighted by Gasteiger charge is 2.27. The van der Waals surface area contributed by atoms with Crippen molar-refractivity contribution in [2.45, 2.75) is 32.3 Å². The highest BCUT2D eigenvalue weighted by molar-refractivity contribution is 7.89. The number of rotatable bonds is 5. The first-order valence-corrected chi connectivity index (χ1v) is 12.0. The quantitative estimate of drug-likeness (QED) is 0.416. The van der Waals surface area contributed by atoms with E-state index >= 15 is 0 Å². The van der Waals surface area contributed by atoms with Gasteiger partial charge in [-0.15, -0.1) is 0 Å². The van der Waals surface area contributed by atoms with Gasteiger partial charge in [-0.25, -0.2) is 18.0 Å². The zero-order chi connectivity index (χ0) is 23.8. The van der Waals surface area contributed by atoms with E-state index in [2.05, 4.69) is 0 Å². The van der Waals surface area contributed by atoms with Gasteiger partial charge in [0.05, 0.1) is 23.7 Å². The van der Waals surface area contributed by atoms with Crippen LogP contribution in [0.4, 0.5) is 0 Å². The van der Waals surface area contributed by atoms with Gasteiger partial charge in [0.15, 0.2) is 0 Å². The van der Waals surface area contributed by atoms with Gasteiger partial charge in [0.25, 0.3) is 0 Å². The summed E-state index contributed by atoms with van der Waals surface area (Å²) in [6.45, 7) is 6.61. The van der Waals surface area contributed by atoms with E-state index < -0.39 is 21.6 Å². The fourth-order valence-electron chi connectivity index (χ4n) is 3.74. The van der Waals surface area contributed by atoms with Crippen LogP contribution in [-0.2, 0) is 26.1 Å². The summed E-state index contributed by atoms with van der Waals surface area (Å²) >= 11 is 0. The number of nitrogens with zero attached hydrogens (tertiary/aromatic N) is 1. The summed E-state index contributed by atoms with van der Waals surface area (Å²) in [5, 5.41) is 0.686. The molecule has 1 aromatic heterocycles. The summed E-state index contributed by atoms with van der Waals surface area (Å²) in [6, 6.07) is 9.38. The molecule has 1 saturated heterocycles. The molecule has 0 aliphatic carbocycles. The normalized spacial score (nSPS) is 15.0. The standard InChI is InChI=1S/C24H25NO7S/c1-15-4-5-19(33(28,29)25-6-8-30-9-7-25)13-20(15)24(27)31-14-18-12-23(26)32-22-11-17(3)16(2)10-21(18)22/h4-5,10-13H,6-9,14H2,1-3H3.